The zero-order valence-electron chi connectivity index (χ0n) is 13.3. The number of rotatable bonds is 4. The van der Waals surface area contributed by atoms with Crippen LogP contribution in [0.4, 0.5) is 0 Å². The first-order chi connectivity index (χ1) is 10.9. The molecule has 1 aromatic carbocycles. The fourth-order valence-electron chi connectivity index (χ4n) is 4.94. The van der Waals surface area contributed by atoms with Crippen molar-refractivity contribution in [1.29, 1.82) is 0 Å². The zero-order valence-corrected chi connectivity index (χ0v) is 14.1. The van der Waals surface area contributed by atoms with Crippen LogP contribution in [0, 0.1) is 36.5 Å². The van der Waals surface area contributed by atoms with Crippen LogP contribution < -0.4 is 0 Å². The van der Waals surface area contributed by atoms with Gasteiger partial charge in [0.25, 0.3) is 10.1 Å². The molecule has 0 amide bonds. The maximum Gasteiger partial charge on any atom is 0.296 e. The Labute approximate surface area is 137 Å². The number of hydrogen-bond acceptors (Lipinski definition) is 4. The summed E-state index contributed by atoms with van der Waals surface area (Å²) >= 11 is 0. The van der Waals surface area contributed by atoms with Crippen LogP contribution in [0.15, 0.2) is 29.2 Å². The highest BCUT2D eigenvalue weighted by molar-refractivity contribution is 7.86. The maximum atomic E-state index is 12.4. The van der Waals surface area contributed by atoms with Gasteiger partial charge in [-0.1, -0.05) is 17.7 Å². The highest BCUT2D eigenvalue weighted by Crippen LogP contribution is 2.54. The minimum atomic E-state index is -3.74. The van der Waals surface area contributed by atoms with Gasteiger partial charge in [0.05, 0.1) is 11.5 Å². The van der Waals surface area contributed by atoms with Crippen LogP contribution in [0.5, 0.6) is 0 Å². The molecular formula is C18H22O4S. The summed E-state index contributed by atoms with van der Waals surface area (Å²) in [5.41, 5.74) is 1.01. The second-order valence-electron chi connectivity index (χ2n) is 7.49. The number of benzene rings is 1. The highest BCUT2D eigenvalue weighted by Gasteiger charge is 2.53. The lowest BCUT2D eigenvalue weighted by Crippen LogP contribution is -2.52. The van der Waals surface area contributed by atoms with Gasteiger partial charge in [0.1, 0.15) is 5.78 Å². The van der Waals surface area contributed by atoms with E-state index in [2.05, 4.69) is 0 Å². The molecule has 5 rings (SSSR count). The van der Waals surface area contributed by atoms with E-state index < -0.39 is 10.1 Å². The van der Waals surface area contributed by atoms with Gasteiger partial charge in [0.2, 0.25) is 0 Å². The minimum absolute atomic E-state index is 0.0273. The summed E-state index contributed by atoms with van der Waals surface area (Å²) < 4.78 is 30.1. The van der Waals surface area contributed by atoms with Gasteiger partial charge in [-0.3, -0.25) is 8.98 Å². The summed E-state index contributed by atoms with van der Waals surface area (Å²) in [5.74, 6) is 1.84. The monoisotopic (exact) mass is 334 g/mol. The van der Waals surface area contributed by atoms with E-state index in [1.165, 1.54) is 0 Å². The Morgan fingerprint density at radius 3 is 2.57 bits per heavy atom. The molecule has 0 radical (unpaired) electrons. The Bertz CT molecular complexity index is 722. The van der Waals surface area contributed by atoms with Crippen LogP contribution in [-0.4, -0.2) is 20.8 Å². The highest BCUT2D eigenvalue weighted by atomic mass is 32.2. The average Bonchev–Trinajstić information content (AvgIpc) is 2.51. The second-order valence-corrected chi connectivity index (χ2v) is 9.11. The molecule has 5 heteroatoms. The van der Waals surface area contributed by atoms with Crippen molar-refractivity contribution in [2.45, 2.75) is 37.5 Å². The lowest BCUT2D eigenvalue weighted by atomic mass is 9.51. The van der Waals surface area contributed by atoms with Gasteiger partial charge in [-0.15, -0.1) is 0 Å². The molecular weight excluding hydrogens is 312 g/mol. The van der Waals surface area contributed by atoms with E-state index in [0.717, 1.165) is 31.2 Å². The van der Waals surface area contributed by atoms with E-state index in [4.69, 9.17) is 4.18 Å². The molecule has 0 aliphatic heterocycles. The van der Waals surface area contributed by atoms with E-state index in [1.54, 1.807) is 24.3 Å². The van der Waals surface area contributed by atoms with Gasteiger partial charge < -0.3 is 0 Å². The third kappa shape index (κ3) is 2.64. The molecule has 124 valence electrons. The Kier molecular flexibility index (Phi) is 3.61. The maximum absolute atomic E-state index is 12.4. The summed E-state index contributed by atoms with van der Waals surface area (Å²) in [7, 11) is -3.74. The Morgan fingerprint density at radius 1 is 1.09 bits per heavy atom. The Balaban J connectivity index is 1.48. The lowest BCUT2D eigenvalue weighted by molar-refractivity contribution is -0.148. The molecule has 4 bridgehead atoms. The van der Waals surface area contributed by atoms with Gasteiger partial charge in [-0.25, -0.2) is 0 Å². The van der Waals surface area contributed by atoms with Crippen molar-refractivity contribution in [1.82, 2.24) is 0 Å². The molecule has 4 nitrogen and oxygen atoms in total. The molecule has 23 heavy (non-hydrogen) atoms. The summed E-state index contributed by atoms with van der Waals surface area (Å²) in [4.78, 5) is 12.6. The lowest BCUT2D eigenvalue weighted by Gasteiger charge is -2.52. The molecule has 4 aliphatic carbocycles. The number of carbonyl (C=O) groups excluding carboxylic acids is 1. The molecule has 0 saturated heterocycles. The van der Waals surface area contributed by atoms with E-state index >= 15 is 0 Å². The van der Waals surface area contributed by atoms with Crippen LogP contribution in [-0.2, 0) is 19.1 Å². The fourth-order valence-corrected chi connectivity index (χ4v) is 5.89. The van der Waals surface area contributed by atoms with Crippen LogP contribution in [0.2, 0.25) is 0 Å². The largest absolute Gasteiger partial charge is 0.299 e. The number of carbonyl (C=O) groups is 1. The zero-order chi connectivity index (χ0) is 16.2. The third-order valence-corrected chi connectivity index (χ3v) is 7.34. The first-order valence-electron chi connectivity index (χ1n) is 8.44. The van der Waals surface area contributed by atoms with Crippen molar-refractivity contribution in [3.05, 3.63) is 29.8 Å². The minimum Gasteiger partial charge on any atom is -0.299 e. The number of aryl methyl sites for hydroxylation is 1. The molecule has 1 aromatic rings. The normalized spacial score (nSPS) is 35.7. The van der Waals surface area contributed by atoms with Gasteiger partial charge in [0, 0.05) is 11.8 Å². The molecule has 0 aromatic heterocycles. The SMILES string of the molecule is Cc1ccc(S(=O)(=O)OC[C@H]2C3CC4CC(C3)C(=O)C2C4)cc1. The van der Waals surface area contributed by atoms with Crippen LogP contribution in [0.1, 0.15) is 31.2 Å². The van der Waals surface area contributed by atoms with Crippen molar-refractivity contribution >= 4 is 15.9 Å². The first-order valence-corrected chi connectivity index (χ1v) is 9.84. The smallest absolute Gasteiger partial charge is 0.296 e. The number of Topliss-reactive ketones (excluding diaryl/α,β-unsaturated/α-hetero) is 1. The van der Waals surface area contributed by atoms with Gasteiger partial charge >= 0.3 is 0 Å². The molecule has 5 atom stereocenters. The average molecular weight is 334 g/mol. The fraction of sp³-hybridized carbons (Fsp3) is 0.611. The van der Waals surface area contributed by atoms with E-state index in [9.17, 15) is 13.2 Å². The van der Waals surface area contributed by atoms with Crippen LogP contribution in [0.3, 0.4) is 0 Å². The summed E-state index contributed by atoms with van der Waals surface area (Å²) in [6, 6.07) is 6.69. The number of ketones is 1. The first kappa shape index (κ1) is 15.3. The van der Waals surface area contributed by atoms with Crippen molar-refractivity contribution < 1.29 is 17.4 Å². The predicted molar refractivity (Wildman–Crippen MR) is 85.2 cm³/mol. The molecule has 4 fully saturated rings. The third-order valence-electron chi connectivity index (χ3n) is 6.04. The van der Waals surface area contributed by atoms with Crippen LogP contribution in [0.25, 0.3) is 0 Å². The van der Waals surface area contributed by atoms with Crippen LogP contribution >= 0.6 is 0 Å². The Hall–Kier alpha value is -1.20. The molecule has 0 heterocycles. The summed E-state index contributed by atoms with van der Waals surface area (Å²) in [5, 5.41) is 0. The Morgan fingerprint density at radius 2 is 1.83 bits per heavy atom. The quantitative estimate of drug-likeness (QED) is 0.794. The van der Waals surface area contributed by atoms with E-state index in [0.29, 0.717) is 17.6 Å². The summed E-state index contributed by atoms with van der Waals surface area (Å²) in [6.45, 7) is 2.06. The van der Waals surface area contributed by atoms with Crippen molar-refractivity contribution in [2.75, 3.05) is 6.61 Å². The second kappa shape index (κ2) is 5.42. The topological polar surface area (TPSA) is 60.4 Å². The molecule has 0 spiro atoms. The molecule has 0 N–H and O–H groups in total. The standard InChI is InChI=1S/C18H22O4S/c1-11-2-4-15(5-3-11)23(20,21)22-10-17-13-6-12-7-14(9-13)18(19)16(17)8-12/h2-5,12-14,16-17H,6-10H2,1H3/t12?,13?,14?,16?,17-/m0/s1. The number of hydrogen-bond donors (Lipinski definition) is 0. The molecule has 4 aliphatic rings. The van der Waals surface area contributed by atoms with Crippen molar-refractivity contribution in [2.24, 2.45) is 29.6 Å². The van der Waals surface area contributed by atoms with Gasteiger partial charge in [-0.05, 0) is 62.5 Å². The van der Waals surface area contributed by atoms with E-state index in [-0.39, 0.29) is 29.3 Å². The molecule has 4 saturated carbocycles. The summed E-state index contributed by atoms with van der Waals surface area (Å²) in [6.07, 6.45) is 4.06. The van der Waals surface area contributed by atoms with E-state index in [1.807, 2.05) is 6.92 Å². The predicted octanol–water partition coefficient (Wildman–Crippen LogP) is 2.95. The van der Waals surface area contributed by atoms with Crippen molar-refractivity contribution in [3.63, 3.8) is 0 Å². The van der Waals surface area contributed by atoms with Gasteiger partial charge in [-0.2, -0.15) is 8.42 Å². The molecule has 4 unspecified atom stereocenters. The van der Waals surface area contributed by atoms with Gasteiger partial charge in [0.15, 0.2) is 0 Å². The van der Waals surface area contributed by atoms with Crippen molar-refractivity contribution in [3.8, 4) is 0 Å².